The number of likely N-dealkylation sites (tertiary alicyclic amines) is 1. The number of aromatic nitrogens is 3. The van der Waals surface area contributed by atoms with Gasteiger partial charge in [0.05, 0.1) is 17.5 Å². The molecule has 1 fully saturated rings. The van der Waals surface area contributed by atoms with Gasteiger partial charge in [-0.3, -0.25) is 19.3 Å². The Hall–Kier alpha value is -3.29. The summed E-state index contributed by atoms with van der Waals surface area (Å²) < 4.78 is 1.53. The van der Waals surface area contributed by atoms with Crippen molar-refractivity contribution in [1.29, 1.82) is 0 Å². The third-order valence-corrected chi connectivity index (χ3v) is 4.68. The molecule has 1 N–H and O–H groups in total. The highest BCUT2D eigenvalue weighted by molar-refractivity contribution is 6.09. The number of amides is 3. The Kier molecular flexibility index (Phi) is 4.08. The van der Waals surface area contributed by atoms with Crippen LogP contribution in [0.5, 0.6) is 0 Å². The second-order valence-corrected chi connectivity index (χ2v) is 6.29. The van der Waals surface area contributed by atoms with Crippen molar-refractivity contribution in [2.24, 2.45) is 11.8 Å². The molecule has 3 heterocycles. The summed E-state index contributed by atoms with van der Waals surface area (Å²) in [6, 6.07) is 5.13. The van der Waals surface area contributed by atoms with Crippen molar-refractivity contribution >= 4 is 23.4 Å². The molecule has 2 atom stereocenters. The summed E-state index contributed by atoms with van der Waals surface area (Å²) in [6.45, 7) is -0.294. The number of nitrogens with one attached hydrogen (secondary N) is 1. The zero-order valence-electron chi connectivity index (χ0n) is 13.9. The monoisotopic (exact) mass is 351 g/mol. The second kappa shape index (κ2) is 6.55. The molecule has 1 aliphatic heterocycles. The first-order valence-electron chi connectivity index (χ1n) is 8.40. The maximum atomic E-state index is 12.5. The number of imide groups is 1. The zero-order chi connectivity index (χ0) is 18.1. The van der Waals surface area contributed by atoms with Gasteiger partial charge in [0.1, 0.15) is 6.54 Å². The molecule has 2 aliphatic rings. The van der Waals surface area contributed by atoms with Crippen molar-refractivity contribution in [2.45, 2.75) is 12.8 Å². The molecule has 8 heteroatoms. The first-order chi connectivity index (χ1) is 12.6. The van der Waals surface area contributed by atoms with Crippen LogP contribution in [-0.4, -0.2) is 43.9 Å². The molecule has 0 radical (unpaired) electrons. The fraction of sp³-hybridized carbons (Fsp3) is 0.278. The Morgan fingerprint density at radius 2 is 1.85 bits per heavy atom. The van der Waals surface area contributed by atoms with Crippen LogP contribution in [0.25, 0.3) is 5.82 Å². The fourth-order valence-electron chi connectivity index (χ4n) is 3.43. The SMILES string of the molecule is O=C(CN1C(=O)C2CC=CCC2C1=O)Nc1cccnc1-n1cccn1. The van der Waals surface area contributed by atoms with E-state index in [1.54, 1.807) is 36.8 Å². The highest BCUT2D eigenvalue weighted by atomic mass is 16.2. The molecule has 0 saturated carbocycles. The number of hydrogen-bond donors (Lipinski definition) is 1. The van der Waals surface area contributed by atoms with Crippen LogP contribution in [-0.2, 0) is 14.4 Å². The molecule has 132 valence electrons. The van der Waals surface area contributed by atoms with Crippen LogP contribution in [0, 0.1) is 11.8 Å². The number of carbonyl (C=O) groups excluding carboxylic acids is 3. The van der Waals surface area contributed by atoms with Gasteiger partial charge in [-0.2, -0.15) is 5.10 Å². The minimum absolute atomic E-state index is 0.266. The number of anilines is 1. The number of nitrogens with zero attached hydrogens (tertiary/aromatic N) is 4. The van der Waals surface area contributed by atoms with Crippen LogP contribution < -0.4 is 5.32 Å². The number of pyridine rings is 1. The summed E-state index contributed by atoms with van der Waals surface area (Å²) in [7, 11) is 0. The van der Waals surface area contributed by atoms with E-state index in [9.17, 15) is 14.4 Å². The van der Waals surface area contributed by atoms with E-state index in [2.05, 4.69) is 15.4 Å². The maximum absolute atomic E-state index is 12.5. The molecule has 2 aromatic rings. The van der Waals surface area contributed by atoms with Gasteiger partial charge in [0, 0.05) is 18.6 Å². The zero-order valence-corrected chi connectivity index (χ0v) is 13.9. The van der Waals surface area contributed by atoms with E-state index in [1.807, 2.05) is 12.2 Å². The van der Waals surface area contributed by atoms with E-state index in [0.717, 1.165) is 4.90 Å². The average molecular weight is 351 g/mol. The van der Waals surface area contributed by atoms with E-state index in [0.29, 0.717) is 24.3 Å². The molecular formula is C18H17N5O3. The van der Waals surface area contributed by atoms with Crippen LogP contribution in [0.1, 0.15) is 12.8 Å². The van der Waals surface area contributed by atoms with Crippen molar-refractivity contribution in [2.75, 3.05) is 11.9 Å². The minimum Gasteiger partial charge on any atom is -0.321 e. The van der Waals surface area contributed by atoms with Gasteiger partial charge in [-0.05, 0) is 31.0 Å². The highest BCUT2D eigenvalue weighted by Gasteiger charge is 2.47. The predicted octanol–water partition coefficient (Wildman–Crippen LogP) is 1.16. The van der Waals surface area contributed by atoms with Crippen LogP contribution in [0.15, 0.2) is 48.9 Å². The number of allylic oxidation sites excluding steroid dienone is 2. The topological polar surface area (TPSA) is 97.2 Å². The summed E-state index contributed by atoms with van der Waals surface area (Å²) in [4.78, 5) is 42.7. The van der Waals surface area contributed by atoms with Crippen molar-refractivity contribution in [3.8, 4) is 5.82 Å². The van der Waals surface area contributed by atoms with Crippen LogP contribution >= 0.6 is 0 Å². The van der Waals surface area contributed by atoms with Gasteiger partial charge in [0.15, 0.2) is 5.82 Å². The second-order valence-electron chi connectivity index (χ2n) is 6.29. The van der Waals surface area contributed by atoms with Gasteiger partial charge in [-0.15, -0.1) is 0 Å². The van der Waals surface area contributed by atoms with Gasteiger partial charge in [-0.1, -0.05) is 12.2 Å². The quantitative estimate of drug-likeness (QED) is 0.658. The molecule has 2 aromatic heterocycles. The summed E-state index contributed by atoms with van der Waals surface area (Å²) in [6.07, 6.45) is 9.86. The molecule has 1 aliphatic carbocycles. The van der Waals surface area contributed by atoms with E-state index >= 15 is 0 Å². The van der Waals surface area contributed by atoms with E-state index in [1.165, 1.54) is 4.68 Å². The molecule has 0 bridgehead atoms. The average Bonchev–Trinajstić information content (AvgIpc) is 3.26. The Bertz CT molecular complexity index is 864. The van der Waals surface area contributed by atoms with Gasteiger partial charge < -0.3 is 5.32 Å². The molecule has 2 unspecified atom stereocenters. The van der Waals surface area contributed by atoms with Gasteiger partial charge in [0.25, 0.3) is 0 Å². The van der Waals surface area contributed by atoms with E-state index < -0.39 is 5.91 Å². The smallest absolute Gasteiger partial charge is 0.244 e. The van der Waals surface area contributed by atoms with Crippen molar-refractivity contribution in [3.63, 3.8) is 0 Å². The first kappa shape index (κ1) is 16.2. The maximum Gasteiger partial charge on any atom is 0.244 e. The number of fused-ring (bicyclic) bond motifs is 1. The number of hydrogen-bond acceptors (Lipinski definition) is 5. The summed E-state index contributed by atoms with van der Waals surface area (Å²) >= 11 is 0. The fourth-order valence-corrected chi connectivity index (χ4v) is 3.43. The molecule has 8 nitrogen and oxygen atoms in total. The lowest BCUT2D eigenvalue weighted by Gasteiger charge is -2.15. The normalized spacial score (nSPS) is 21.8. The van der Waals surface area contributed by atoms with Crippen molar-refractivity contribution in [1.82, 2.24) is 19.7 Å². The third-order valence-electron chi connectivity index (χ3n) is 4.68. The van der Waals surface area contributed by atoms with E-state index in [4.69, 9.17) is 0 Å². The largest absolute Gasteiger partial charge is 0.321 e. The van der Waals surface area contributed by atoms with Gasteiger partial charge in [0.2, 0.25) is 17.7 Å². The molecule has 1 saturated heterocycles. The summed E-state index contributed by atoms with van der Waals surface area (Å²) in [5.74, 6) is -1.19. The minimum atomic E-state index is -0.445. The third kappa shape index (κ3) is 2.79. The Balaban J connectivity index is 1.49. The molecule has 26 heavy (non-hydrogen) atoms. The van der Waals surface area contributed by atoms with Crippen molar-refractivity contribution < 1.29 is 14.4 Å². The Labute approximate surface area is 149 Å². The summed E-state index contributed by atoms with van der Waals surface area (Å²) in [5, 5.41) is 6.83. The highest BCUT2D eigenvalue weighted by Crippen LogP contribution is 2.34. The standard InChI is InChI=1S/C18H17N5O3/c24-15(11-22-17(25)12-5-1-2-6-13(12)18(22)26)21-14-7-3-8-19-16(14)23-10-4-9-20-23/h1-4,7-10,12-13H,5-6,11H2,(H,21,24). The molecular weight excluding hydrogens is 334 g/mol. The molecule has 3 amide bonds. The van der Waals surface area contributed by atoms with Crippen molar-refractivity contribution in [3.05, 3.63) is 48.9 Å². The lowest BCUT2D eigenvalue weighted by molar-refractivity contribution is -0.142. The lowest BCUT2D eigenvalue weighted by Crippen LogP contribution is -2.38. The Morgan fingerprint density at radius 3 is 2.50 bits per heavy atom. The van der Waals surface area contributed by atoms with E-state index in [-0.39, 0.29) is 30.2 Å². The number of rotatable bonds is 4. The summed E-state index contributed by atoms with van der Waals surface area (Å²) in [5.41, 5.74) is 0.458. The van der Waals surface area contributed by atoms with Crippen LogP contribution in [0.2, 0.25) is 0 Å². The molecule has 4 rings (SSSR count). The predicted molar refractivity (Wildman–Crippen MR) is 92.1 cm³/mol. The van der Waals surface area contributed by atoms with Crippen LogP contribution in [0.3, 0.4) is 0 Å². The molecule has 0 aromatic carbocycles. The van der Waals surface area contributed by atoms with Crippen LogP contribution in [0.4, 0.5) is 5.69 Å². The van der Waals surface area contributed by atoms with Gasteiger partial charge >= 0.3 is 0 Å². The lowest BCUT2D eigenvalue weighted by atomic mass is 9.85. The first-order valence-corrected chi connectivity index (χ1v) is 8.40. The van der Waals surface area contributed by atoms with Gasteiger partial charge in [-0.25, -0.2) is 9.67 Å². The number of carbonyl (C=O) groups is 3. The molecule has 0 spiro atoms. The Morgan fingerprint density at radius 1 is 1.12 bits per heavy atom.